The molecular formula is C18H31FN4O2S. The number of hydrogen-bond donors (Lipinski definition) is 2. The van der Waals surface area contributed by atoms with Crippen molar-refractivity contribution in [1.29, 1.82) is 0 Å². The van der Waals surface area contributed by atoms with Crippen molar-refractivity contribution in [2.24, 2.45) is 4.99 Å². The minimum absolute atomic E-state index is 0.246. The SMILES string of the molecule is CCN(CCCNC(=NC)NCC(C)(C)c1cccc(F)c1)S(C)(=O)=O. The van der Waals surface area contributed by atoms with Crippen molar-refractivity contribution >= 4 is 16.0 Å². The van der Waals surface area contributed by atoms with Gasteiger partial charge in [-0.1, -0.05) is 32.9 Å². The van der Waals surface area contributed by atoms with Crippen molar-refractivity contribution in [3.63, 3.8) is 0 Å². The average molecular weight is 387 g/mol. The summed E-state index contributed by atoms with van der Waals surface area (Å²) in [6.45, 7) is 8.01. The summed E-state index contributed by atoms with van der Waals surface area (Å²) in [5, 5.41) is 6.42. The van der Waals surface area contributed by atoms with Crippen LogP contribution in [0.25, 0.3) is 0 Å². The molecule has 0 aliphatic carbocycles. The summed E-state index contributed by atoms with van der Waals surface area (Å²) in [6.07, 6.45) is 1.90. The van der Waals surface area contributed by atoms with E-state index in [9.17, 15) is 12.8 Å². The molecule has 1 rings (SSSR count). The maximum Gasteiger partial charge on any atom is 0.211 e. The van der Waals surface area contributed by atoms with E-state index in [1.54, 1.807) is 19.2 Å². The van der Waals surface area contributed by atoms with E-state index in [1.807, 2.05) is 26.8 Å². The zero-order valence-corrected chi connectivity index (χ0v) is 17.2. The van der Waals surface area contributed by atoms with Crippen molar-refractivity contribution in [3.05, 3.63) is 35.6 Å². The Morgan fingerprint density at radius 2 is 2.00 bits per heavy atom. The number of hydrogen-bond acceptors (Lipinski definition) is 3. The van der Waals surface area contributed by atoms with Gasteiger partial charge < -0.3 is 10.6 Å². The molecule has 0 unspecified atom stereocenters. The Labute approximate surface area is 156 Å². The average Bonchev–Trinajstić information content (AvgIpc) is 2.56. The van der Waals surface area contributed by atoms with Gasteiger partial charge in [0.25, 0.3) is 0 Å². The first-order valence-corrected chi connectivity index (χ1v) is 10.6. The van der Waals surface area contributed by atoms with Crippen molar-refractivity contribution in [2.75, 3.05) is 39.5 Å². The van der Waals surface area contributed by atoms with Gasteiger partial charge in [-0.25, -0.2) is 17.1 Å². The molecule has 148 valence electrons. The van der Waals surface area contributed by atoms with Crippen LogP contribution in [0.1, 0.15) is 32.8 Å². The Morgan fingerprint density at radius 3 is 2.54 bits per heavy atom. The highest BCUT2D eigenvalue weighted by Crippen LogP contribution is 2.22. The van der Waals surface area contributed by atoms with E-state index in [1.165, 1.54) is 16.6 Å². The van der Waals surface area contributed by atoms with E-state index in [0.717, 1.165) is 5.56 Å². The number of nitrogens with zero attached hydrogens (tertiary/aromatic N) is 2. The Bertz CT molecular complexity index is 705. The van der Waals surface area contributed by atoms with Gasteiger partial charge in [0.2, 0.25) is 10.0 Å². The second-order valence-electron chi connectivity index (χ2n) is 6.85. The molecule has 0 bridgehead atoms. The second-order valence-corrected chi connectivity index (χ2v) is 8.84. The van der Waals surface area contributed by atoms with E-state index in [4.69, 9.17) is 0 Å². The van der Waals surface area contributed by atoms with E-state index < -0.39 is 10.0 Å². The van der Waals surface area contributed by atoms with Crippen molar-refractivity contribution in [1.82, 2.24) is 14.9 Å². The van der Waals surface area contributed by atoms with Crippen LogP contribution in [0.4, 0.5) is 4.39 Å². The van der Waals surface area contributed by atoms with E-state index in [2.05, 4.69) is 15.6 Å². The quantitative estimate of drug-likeness (QED) is 0.386. The summed E-state index contributed by atoms with van der Waals surface area (Å²) in [6, 6.07) is 6.60. The summed E-state index contributed by atoms with van der Waals surface area (Å²) in [4.78, 5) is 4.18. The molecule has 0 spiro atoms. The van der Waals surface area contributed by atoms with Crippen LogP contribution in [-0.2, 0) is 15.4 Å². The third-order valence-electron chi connectivity index (χ3n) is 4.23. The monoisotopic (exact) mass is 386 g/mol. The minimum Gasteiger partial charge on any atom is -0.356 e. The van der Waals surface area contributed by atoms with Crippen molar-refractivity contribution < 1.29 is 12.8 Å². The Morgan fingerprint density at radius 1 is 1.31 bits per heavy atom. The standard InChI is InChI=1S/C18H31FN4O2S/c1-6-23(26(5,24)25)12-8-11-21-17(20-4)22-14-18(2,3)15-9-7-10-16(19)13-15/h7,9-10,13H,6,8,11-12,14H2,1-5H3,(H2,20,21,22). The second kappa shape index (κ2) is 9.87. The summed E-state index contributed by atoms with van der Waals surface area (Å²) in [5.74, 6) is 0.390. The molecule has 0 amide bonds. The number of benzene rings is 1. The van der Waals surface area contributed by atoms with E-state index in [0.29, 0.717) is 38.6 Å². The normalized spacial score (nSPS) is 13.1. The van der Waals surface area contributed by atoms with Crippen LogP contribution in [0.5, 0.6) is 0 Å². The highest BCUT2D eigenvalue weighted by molar-refractivity contribution is 7.88. The first-order chi connectivity index (χ1) is 12.1. The molecule has 6 nitrogen and oxygen atoms in total. The van der Waals surface area contributed by atoms with Crippen LogP contribution < -0.4 is 10.6 Å². The van der Waals surface area contributed by atoms with Gasteiger partial charge in [-0.3, -0.25) is 4.99 Å². The largest absolute Gasteiger partial charge is 0.356 e. The lowest BCUT2D eigenvalue weighted by molar-refractivity contribution is 0.423. The molecule has 8 heteroatoms. The Balaban J connectivity index is 2.48. The van der Waals surface area contributed by atoms with Gasteiger partial charge in [-0.15, -0.1) is 0 Å². The molecule has 0 aromatic heterocycles. The molecule has 0 fully saturated rings. The molecule has 1 aromatic carbocycles. The first kappa shape index (κ1) is 22.4. The fourth-order valence-corrected chi connectivity index (χ4v) is 3.49. The van der Waals surface area contributed by atoms with E-state index >= 15 is 0 Å². The van der Waals surface area contributed by atoms with Gasteiger partial charge in [-0.05, 0) is 24.1 Å². The summed E-state index contributed by atoms with van der Waals surface area (Å²) >= 11 is 0. The number of aliphatic imine (C=N–C) groups is 1. The molecule has 0 radical (unpaired) electrons. The fraction of sp³-hybridized carbons (Fsp3) is 0.611. The van der Waals surface area contributed by atoms with Gasteiger partial charge in [0.1, 0.15) is 5.82 Å². The fourth-order valence-electron chi connectivity index (χ4n) is 2.56. The lowest BCUT2D eigenvalue weighted by Crippen LogP contribution is -2.44. The van der Waals surface area contributed by atoms with Crippen LogP contribution in [-0.4, -0.2) is 58.2 Å². The van der Waals surface area contributed by atoms with Gasteiger partial charge in [-0.2, -0.15) is 0 Å². The lowest BCUT2D eigenvalue weighted by atomic mass is 9.84. The molecule has 0 saturated heterocycles. The molecule has 26 heavy (non-hydrogen) atoms. The maximum atomic E-state index is 13.4. The molecule has 0 atom stereocenters. The van der Waals surface area contributed by atoms with Crippen LogP contribution in [0.2, 0.25) is 0 Å². The summed E-state index contributed by atoms with van der Waals surface area (Å²) in [7, 11) is -1.48. The molecule has 1 aromatic rings. The van der Waals surface area contributed by atoms with Gasteiger partial charge in [0.15, 0.2) is 5.96 Å². The predicted molar refractivity (Wildman–Crippen MR) is 105 cm³/mol. The van der Waals surface area contributed by atoms with Crippen LogP contribution in [0, 0.1) is 5.82 Å². The smallest absolute Gasteiger partial charge is 0.211 e. The van der Waals surface area contributed by atoms with Crippen LogP contribution >= 0.6 is 0 Å². The summed E-state index contributed by atoms with van der Waals surface area (Å²) < 4.78 is 38.0. The van der Waals surface area contributed by atoms with Gasteiger partial charge >= 0.3 is 0 Å². The number of guanidine groups is 1. The van der Waals surface area contributed by atoms with Gasteiger partial charge in [0, 0.05) is 38.6 Å². The molecule has 2 N–H and O–H groups in total. The summed E-state index contributed by atoms with van der Waals surface area (Å²) in [5.41, 5.74) is 0.641. The van der Waals surface area contributed by atoms with Crippen molar-refractivity contribution in [3.8, 4) is 0 Å². The van der Waals surface area contributed by atoms with Gasteiger partial charge in [0.05, 0.1) is 6.26 Å². The number of sulfonamides is 1. The molecule has 0 heterocycles. The highest BCUT2D eigenvalue weighted by atomic mass is 32.2. The van der Waals surface area contributed by atoms with E-state index in [-0.39, 0.29) is 11.2 Å². The third-order valence-corrected chi connectivity index (χ3v) is 5.60. The molecule has 0 saturated carbocycles. The maximum absolute atomic E-state index is 13.4. The highest BCUT2D eigenvalue weighted by Gasteiger charge is 2.21. The third kappa shape index (κ3) is 7.29. The minimum atomic E-state index is -3.16. The lowest BCUT2D eigenvalue weighted by Gasteiger charge is -2.27. The zero-order valence-electron chi connectivity index (χ0n) is 16.3. The van der Waals surface area contributed by atoms with Crippen LogP contribution in [0.15, 0.2) is 29.3 Å². The number of rotatable bonds is 9. The predicted octanol–water partition coefficient (Wildman–Crippen LogP) is 1.94. The topological polar surface area (TPSA) is 73.8 Å². The molecule has 0 aliphatic heterocycles. The first-order valence-electron chi connectivity index (χ1n) is 8.76. The molecule has 0 aliphatic rings. The Hall–Kier alpha value is -1.67. The zero-order chi connectivity index (χ0) is 19.8. The Kier molecular flexibility index (Phi) is 8.49. The number of nitrogens with one attached hydrogen (secondary N) is 2. The van der Waals surface area contributed by atoms with Crippen molar-refractivity contribution in [2.45, 2.75) is 32.6 Å². The molecular weight excluding hydrogens is 355 g/mol. The number of halogens is 1. The van der Waals surface area contributed by atoms with Crippen LogP contribution in [0.3, 0.4) is 0 Å².